The van der Waals surface area contributed by atoms with Crippen LogP contribution in [-0.4, -0.2) is 19.1 Å². The maximum Gasteiger partial charge on any atom is 0.161 e. The van der Waals surface area contributed by atoms with Crippen LogP contribution in [0.5, 0.6) is 0 Å². The van der Waals surface area contributed by atoms with E-state index in [0.717, 1.165) is 24.8 Å². The van der Waals surface area contributed by atoms with Gasteiger partial charge in [-0.05, 0) is 12.8 Å². The zero-order chi connectivity index (χ0) is 7.84. The molecule has 0 saturated heterocycles. The maximum atomic E-state index is 10.5. The molecule has 1 saturated carbocycles. The summed E-state index contributed by atoms with van der Waals surface area (Å²) in [7, 11) is 5.47. The van der Waals surface area contributed by atoms with Crippen LogP contribution in [0.4, 0.5) is 0 Å². The monoisotopic (exact) mass is 163 g/mol. The van der Waals surface area contributed by atoms with Gasteiger partial charge in [0.25, 0.3) is 0 Å². The molecule has 1 aromatic heterocycles. The standard InChI is InChI=1S/C7H6BNOS/c8-7-9-6(4-1-2-4)5(3-10)11-7/h3-4H,1-2H2. The first-order valence-electron chi connectivity index (χ1n) is 3.52. The second-order valence-corrected chi connectivity index (χ2v) is 3.76. The summed E-state index contributed by atoms with van der Waals surface area (Å²) in [6.45, 7) is 0. The van der Waals surface area contributed by atoms with Gasteiger partial charge in [-0.1, -0.05) is 0 Å². The Morgan fingerprint density at radius 1 is 1.64 bits per heavy atom. The molecule has 2 rings (SSSR count). The quantitative estimate of drug-likeness (QED) is 0.472. The van der Waals surface area contributed by atoms with Gasteiger partial charge in [-0.2, -0.15) is 0 Å². The Morgan fingerprint density at radius 3 is 2.91 bits per heavy atom. The van der Waals surface area contributed by atoms with Crippen molar-refractivity contribution in [1.82, 2.24) is 4.98 Å². The van der Waals surface area contributed by atoms with Crippen molar-refractivity contribution >= 4 is 30.4 Å². The molecule has 0 aromatic carbocycles. The van der Waals surface area contributed by atoms with Gasteiger partial charge in [0, 0.05) is 10.8 Å². The van der Waals surface area contributed by atoms with Crippen LogP contribution in [-0.2, 0) is 0 Å². The van der Waals surface area contributed by atoms with Crippen molar-refractivity contribution in [2.75, 3.05) is 0 Å². The molecule has 0 unspecified atom stereocenters. The number of hydrogen-bond acceptors (Lipinski definition) is 3. The zero-order valence-corrected chi connectivity index (χ0v) is 6.73. The fourth-order valence-corrected chi connectivity index (χ4v) is 1.83. The van der Waals surface area contributed by atoms with Gasteiger partial charge in [-0.15, -0.1) is 11.3 Å². The lowest BCUT2D eigenvalue weighted by Crippen LogP contribution is -1.98. The third-order valence-electron chi connectivity index (χ3n) is 1.77. The van der Waals surface area contributed by atoms with E-state index in [2.05, 4.69) is 4.98 Å². The molecule has 0 N–H and O–H groups in total. The second-order valence-electron chi connectivity index (χ2n) is 2.69. The molecule has 1 heterocycles. The molecule has 0 aliphatic heterocycles. The van der Waals surface area contributed by atoms with Crippen LogP contribution < -0.4 is 4.91 Å². The number of aldehydes is 1. The largest absolute Gasteiger partial charge is 0.297 e. The molecule has 0 bridgehead atoms. The van der Waals surface area contributed by atoms with Crippen LogP contribution in [0.2, 0.25) is 0 Å². The molecule has 0 atom stereocenters. The number of rotatable bonds is 2. The van der Waals surface area contributed by atoms with Gasteiger partial charge in [0.15, 0.2) is 14.1 Å². The predicted octanol–water partition coefficient (Wildman–Crippen LogP) is 0.627. The van der Waals surface area contributed by atoms with Crippen LogP contribution >= 0.6 is 11.3 Å². The van der Waals surface area contributed by atoms with E-state index in [1.165, 1.54) is 11.3 Å². The van der Waals surface area contributed by atoms with Gasteiger partial charge in [-0.25, -0.2) is 0 Å². The fourth-order valence-electron chi connectivity index (χ4n) is 1.10. The number of carbonyl (C=O) groups is 1. The fraction of sp³-hybridized carbons (Fsp3) is 0.429. The highest BCUT2D eigenvalue weighted by molar-refractivity contribution is 7.20. The van der Waals surface area contributed by atoms with Gasteiger partial charge in [-0.3, -0.25) is 9.78 Å². The molecule has 1 fully saturated rings. The van der Waals surface area contributed by atoms with E-state index in [1.54, 1.807) is 0 Å². The molecule has 1 aliphatic carbocycles. The van der Waals surface area contributed by atoms with Crippen molar-refractivity contribution in [3.05, 3.63) is 10.6 Å². The van der Waals surface area contributed by atoms with Crippen molar-refractivity contribution in [3.63, 3.8) is 0 Å². The minimum atomic E-state index is 0.508. The molecule has 54 valence electrons. The molecule has 4 heteroatoms. The average Bonchev–Trinajstić information content (AvgIpc) is 2.75. The number of nitrogens with zero attached hydrogens (tertiary/aromatic N) is 1. The highest BCUT2D eigenvalue weighted by Gasteiger charge is 2.28. The van der Waals surface area contributed by atoms with E-state index in [0.29, 0.717) is 15.7 Å². The number of hydrogen-bond donors (Lipinski definition) is 0. The summed E-state index contributed by atoms with van der Waals surface area (Å²) < 4.78 is 0. The first kappa shape index (κ1) is 7.04. The summed E-state index contributed by atoms with van der Waals surface area (Å²) in [6.07, 6.45) is 3.16. The Bertz CT molecular complexity index is 293. The minimum Gasteiger partial charge on any atom is -0.297 e. The van der Waals surface area contributed by atoms with E-state index in [1.807, 2.05) is 0 Å². The minimum absolute atomic E-state index is 0.508. The Morgan fingerprint density at radius 2 is 2.36 bits per heavy atom. The second kappa shape index (κ2) is 2.45. The molecule has 2 nitrogen and oxygen atoms in total. The molecule has 1 aliphatic rings. The van der Waals surface area contributed by atoms with E-state index in [-0.39, 0.29) is 0 Å². The lowest BCUT2D eigenvalue weighted by molar-refractivity contribution is 0.112. The highest BCUT2D eigenvalue weighted by atomic mass is 32.1. The highest BCUT2D eigenvalue weighted by Crippen LogP contribution is 2.40. The van der Waals surface area contributed by atoms with Crippen molar-refractivity contribution < 1.29 is 4.79 Å². The Kier molecular flexibility index (Phi) is 1.57. The predicted molar refractivity (Wildman–Crippen MR) is 44.9 cm³/mol. The average molecular weight is 163 g/mol. The van der Waals surface area contributed by atoms with Crippen molar-refractivity contribution in [2.24, 2.45) is 0 Å². The van der Waals surface area contributed by atoms with Gasteiger partial charge in [0.05, 0.1) is 10.6 Å². The van der Waals surface area contributed by atoms with Crippen molar-refractivity contribution in [1.29, 1.82) is 0 Å². The third-order valence-corrected chi connectivity index (χ3v) is 2.59. The molecule has 0 spiro atoms. The summed E-state index contributed by atoms with van der Waals surface area (Å²) in [5, 5.41) is 0. The summed E-state index contributed by atoms with van der Waals surface area (Å²) in [5.41, 5.74) is 0.919. The smallest absolute Gasteiger partial charge is 0.161 e. The van der Waals surface area contributed by atoms with E-state index in [9.17, 15) is 4.79 Å². The molecule has 2 radical (unpaired) electrons. The van der Waals surface area contributed by atoms with Gasteiger partial charge in [0.1, 0.15) is 0 Å². The van der Waals surface area contributed by atoms with Gasteiger partial charge in [0.2, 0.25) is 0 Å². The van der Waals surface area contributed by atoms with Crippen LogP contribution in [0.15, 0.2) is 0 Å². The molecule has 1 aromatic rings. The van der Waals surface area contributed by atoms with Crippen molar-refractivity contribution in [2.45, 2.75) is 18.8 Å². The topological polar surface area (TPSA) is 30.0 Å². The summed E-state index contributed by atoms with van der Waals surface area (Å²) in [6, 6.07) is 0. The number of aromatic nitrogens is 1. The first-order valence-corrected chi connectivity index (χ1v) is 4.34. The Labute approximate surface area is 70.1 Å². The first-order chi connectivity index (χ1) is 5.31. The summed E-state index contributed by atoms with van der Waals surface area (Å²) in [5.74, 6) is 0.517. The molecular weight excluding hydrogens is 157 g/mol. The lowest BCUT2D eigenvalue weighted by Gasteiger charge is -1.88. The zero-order valence-electron chi connectivity index (χ0n) is 5.91. The lowest BCUT2D eigenvalue weighted by atomic mass is 10.2. The molecule has 0 amide bonds. The number of carbonyl (C=O) groups excluding carboxylic acids is 1. The van der Waals surface area contributed by atoms with Gasteiger partial charge >= 0.3 is 0 Å². The summed E-state index contributed by atoms with van der Waals surface area (Å²) in [4.78, 5) is 15.8. The van der Waals surface area contributed by atoms with Crippen LogP contribution in [0.25, 0.3) is 0 Å². The van der Waals surface area contributed by atoms with Crippen molar-refractivity contribution in [3.8, 4) is 0 Å². The van der Waals surface area contributed by atoms with E-state index >= 15 is 0 Å². The number of thiazole rings is 1. The molecular formula is C7H6BNOS. The maximum absolute atomic E-state index is 10.5. The van der Waals surface area contributed by atoms with Crippen LogP contribution in [0, 0.1) is 0 Å². The summed E-state index contributed by atoms with van der Waals surface area (Å²) >= 11 is 1.28. The Hall–Kier alpha value is -0.635. The van der Waals surface area contributed by atoms with E-state index < -0.39 is 0 Å². The van der Waals surface area contributed by atoms with E-state index in [4.69, 9.17) is 7.85 Å². The Balaban J connectivity index is 2.41. The van der Waals surface area contributed by atoms with Crippen LogP contribution in [0.1, 0.15) is 34.1 Å². The normalized spacial score (nSPS) is 16.7. The van der Waals surface area contributed by atoms with Crippen LogP contribution in [0.3, 0.4) is 0 Å². The molecule has 11 heavy (non-hydrogen) atoms. The third kappa shape index (κ3) is 1.22. The van der Waals surface area contributed by atoms with Gasteiger partial charge < -0.3 is 0 Å². The SMILES string of the molecule is [B]c1nc(C2CC2)c(C=O)s1.